The molecule has 0 atom stereocenters. The molecule has 0 spiro atoms. The van der Waals surface area contributed by atoms with Crippen LogP contribution in [0.1, 0.15) is 84.0 Å². The Bertz CT molecular complexity index is 354. The van der Waals surface area contributed by atoms with E-state index < -0.39 is 6.09 Å². The third-order valence-corrected chi connectivity index (χ3v) is 4.22. The Morgan fingerprint density at radius 2 is 1.27 bits per heavy atom. The van der Waals surface area contributed by atoms with E-state index >= 15 is 0 Å². The maximum absolute atomic E-state index is 10.1. The minimum absolute atomic E-state index is 0.541. The van der Waals surface area contributed by atoms with Gasteiger partial charge in [-0.1, -0.05) is 77.6 Å². The van der Waals surface area contributed by atoms with Crippen molar-refractivity contribution in [2.75, 3.05) is 34.7 Å². The molecule has 0 aromatic carbocycles. The maximum atomic E-state index is 10.1. The molecule has 3 N–H and O–H groups in total. The number of nitrogens with zero attached hydrogens (tertiary/aromatic N) is 2. The summed E-state index contributed by atoms with van der Waals surface area (Å²) in [6.45, 7) is 2.79. The Balaban J connectivity index is 0. The lowest BCUT2D eigenvalue weighted by molar-refractivity contribution is -0.470. The molecule has 6 heteroatoms. The summed E-state index contributed by atoms with van der Waals surface area (Å²) < 4.78 is 1.86. The van der Waals surface area contributed by atoms with Crippen molar-refractivity contribution in [3.63, 3.8) is 0 Å². The van der Waals surface area contributed by atoms with Crippen LogP contribution in [0.15, 0.2) is 0 Å². The van der Waals surface area contributed by atoms with Gasteiger partial charge in [0.05, 0.1) is 28.2 Å². The smallest absolute Gasteiger partial charge is 0.344 e. The quantitative estimate of drug-likeness (QED) is 0.225. The summed E-state index contributed by atoms with van der Waals surface area (Å²) in [6, 6.07) is 0. The molecule has 0 aromatic heterocycles. The van der Waals surface area contributed by atoms with Crippen molar-refractivity contribution in [2.45, 2.75) is 84.0 Å². The first kappa shape index (κ1) is 26.8. The maximum Gasteiger partial charge on any atom is 0.344 e. The molecule has 0 aliphatic rings. The normalized spacial score (nSPS) is 9.88. The lowest BCUT2D eigenvalue weighted by Gasteiger charge is -2.05. The SMILES string of the molecule is CCCCCCCCCCCCCCNC(=O)[O-].CN(C)C(N)=[N+](C)C. The molecular formula is C20H44N4O2. The lowest BCUT2D eigenvalue weighted by Crippen LogP contribution is -2.36. The molecule has 0 saturated heterocycles. The summed E-state index contributed by atoms with van der Waals surface area (Å²) in [7, 11) is 7.65. The number of carbonyl (C=O) groups is 1. The summed E-state index contributed by atoms with van der Waals surface area (Å²) in [5.41, 5.74) is 5.53. The monoisotopic (exact) mass is 372 g/mol. The van der Waals surface area contributed by atoms with Gasteiger partial charge in [0.25, 0.3) is 0 Å². The van der Waals surface area contributed by atoms with Crippen molar-refractivity contribution in [3.05, 3.63) is 0 Å². The van der Waals surface area contributed by atoms with Crippen LogP contribution < -0.4 is 16.2 Å². The Morgan fingerprint density at radius 1 is 0.885 bits per heavy atom. The first-order valence-corrected chi connectivity index (χ1v) is 10.2. The van der Waals surface area contributed by atoms with E-state index in [-0.39, 0.29) is 0 Å². The highest BCUT2D eigenvalue weighted by atomic mass is 16.4. The zero-order chi connectivity index (χ0) is 20.2. The zero-order valence-electron chi connectivity index (χ0n) is 18.0. The van der Waals surface area contributed by atoms with Gasteiger partial charge in [0.2, 0.25) is 0 Å². The van der Waals surface area contributed by atoms with E-state index in [0.717, 1.165) is 18.8 Å². The molecule has 0 fully saturated rings. The number of unbranched alkanes of at least 4 members (excludes halogenated alkanes) is 11. The molecule has 0 radical (unpaired) electrons. The highest BCUT2D eigenvalue weighted by Crippen LogP contribution is 2.11. The largest absolute Gasteiger partial charge is 0.530 e. The van der Waals surface area contributed by atoms with E-state index in [1.54, 1.807) is 0 Å². The number of rotatable bonds is 13. The van der Waals surface area contributed by atoms with E-state index in [4.69, 9.17) is 5.73 Å². The molecule has 156 valence electrons. The summed E-state index contributed by atoms with van der Waals surface area (Å²) in [5, 5.41) is 12.4. The molecule has 1 amide bonds. The molecule has 26 heavy (non-hydrogen) atoms. The van der Waals surface area contributed by atoms with Gasteiger partial charge >= 0.3 is 5.96 Å². The van der Waals surface area contributed by atoms with E-state index in [1.165, 1.54) is 64.2 Å². The standard InChI is InChI=1S/C15H31NO2.C5H13N3/c1-2-3-4-5-6-7-8-9-10-11-12-13-14-16-15(17)18;1-7(2)5(6)8(3)4/h16H,2-14H2,1H3,(H,17,18);6H,1-4H3. The Labute approximate surface area is 161 Å². The molecular weight excluding hydrogens is 328 g/mol. The second-order valence-corrected chi connectivity index (χ2v) is 7.25. The predicted molar refractivity (Wildman–Crippen MR) is 109 cm³/mol. The number of carboxylic acid groups (broad SMARTS) is 1. The van der Waals surface area contributed by atoms with Crippen molar-refractivity contribution in [1.82, 2.24) is 10.2 Å². The number of nitrogens with one attached hydrogen (secondary N) is 1. The summed E-state index contributed by atoms with van der Waals surface area (Å²) in [6.07, 6.45) is 14.4. The van der Waals surface area contributed by atoms with E-state index in [0.29, 0.717) is 6.54 Å². The van der Waals surface area contributed by atoms with Gasteiger partial charge in [-0.15, -0.1) is 0 Å². The third kappa shape index (κ3) is 22.5. The fraction of sp³-hybridized carbons (Fsp3) is 0.900. The van der Waals surface area contributed by atoms with Crippen LogP contribution in [0.5, 0.6) is 0 Å². The minimum atomic E-state index is -1.15. The number of amides is 1. The average Bonchev–Trinajstić information content (AvgIpc) is 2.58. The zero-order valence-corrected chi connectivity index (χ0v) is 18.0. The number of hydrogen-bond donors (Lipinski definition) is 2. The van der Waals surface area contributed by atoms with Crippen LogP contribution in [0.2, 0.25) is 0 Å². The van der Waals surface area contributed by atoms with E-state index in [1.807, 2.05) is 37.7 Å². The fourth-order valence-corrected chi connectivity index (χ4v) is 2.56. The molecule has 0 heterocycles. The number of carbonyl (C=O) groups excluding carboxylic acids is 1. The molecule has 6 nitrogen and oxygen atoms in total. The second kappa shape index (κ2) is 19.9. The first-order chi connectivity index (χ1) is 12.3. The van der Waals surface area contributed by atoms with Gasteiger partial charge < -0.3 is 15.2 Å². The lowest BCUT2D eigenvalue weighted by atomic mass is 10.1. The summed E-state index contributed by atoms with van der Waals surface area (Å²) >= 11 is 0. The second-order valence-electron chi connectivity index (χ2n) is 7.25. The van der Waals surface area contributed by atoms with Gasteiger partial charge in [0.1, 0.15) is 6.09 Å². The van der Waals surface area contributed by atoms with Crippen molar-refractivity contribution >= 4 is 12.1 Å². The van der Waals surface area contributed by atoms with Crippen LogP contribution in [0.4, 0.5) is 4.79 Å². The minimum Gasteiger partial charge on any atom is -0.530 e. The van der Waals surface area contributed by atoms with E-state index in [2.05, 4.69) is 12.2 Å². The van der Waals surface area contributed by atoms with Gasteiger partial charge in [0.15, 0.2) is 0 Å². The van der Waals surface area contributed by atoms with Crippen LogP contribution >= 0.6 is 0 Å². The van der Waals surface area contributed by atoms with Crippen LogP contribution in [0, 0.1) is 0 Å². The predicted octanol–water partition coefficient (Wildman–Crippen LogP) is 2.76. The van der Waals surface area contributed by atoms with Gasteiger partial charge in [-0.3, -0.25) is 15.2 Å². The van der Waals surface area contributed by atoms with Crippen LogP contribution in [0.25, 0.3) is 0 Å². The van der Waals surface area contributed by atoms with Gasteiger partial charge in [-0.2, -0.15) is 0 Å². The third-order valence-electron chi connectivity index (χ3n) is 4.22. The fourth-order valence-electron chi connectivity index (χ4n) is 2.56. The summed E-state index contributed by atoms with van der Waals surface area (Å²) in [5.74, 6) is 0.769. The molecule has 0 aliphatic carbocycles. The Kier molecular flexibility index (Phi) is 20.4. The topological polar surface area (TPSA) is 84.4 Å². The van der Waals surface area contributed by atoms with Crippen molar-refractivity contribution in [1.29, 1.82) is 0 Å². The number of guanidine groups is 1. The van der Waals surface area contributed by atoms with Crippen molar-refractivity contribution in [3.8, 4) is 0 Å². The summed E-state index contributed by atoms with van der Waals surface area (Å²) in [4.78, 5) is 11.9. The molecule has 0 aromatic rings. The van der Waals surface area contributed by atoms with Crippen LogP contribution in [0.3, 0.4) is 0 Å². The molecule has 0 saturated carbocycles. The van der Waals surface area contributed by atoms with Gasteiger partial charge in [-0.25, -0.2) is 0 Å². The Hall–Kier alpha value is -1.46. The van der Waals surface area contributed by atoms with Gasteiger partial charge in [0, 0.05) is 6.54 Å². The first-order valence-electron chi connectivity index (χ1n) is 10.2. The number of hydrogen-bond acceptors (Lipinski definition) is 2. The highest BCUT2D eigenvalue weighted by molar-refractivity contribution is 5.72. The molecule has 0 rings (SSSR count). The molecule has 0 aliphatic heterocycles. The number of nitrogens with two attached hydrogens (primary N) is 1. The average molecular weight is 373 g/mol. The van der Waals surface area contributed by atoms with Crippen molar-refractivity contribution in [2.24, 2.45) is 5.73 Å². The van der Waals surface area contributed by atoms with Gasteiger partial charge in [-0.05, 0) is 6.42 Å². The van der Waals surface area contributed by atoms with Crippen LogP contribution in [-0.2, 0) is 0 Å². The highest BCUT2D eigenvalue weighted by Gasteiger charge is 2.00. The van der Waals surface area contributed by atoms with E-state index in [9.17, 15) is 9.90 Å². The Morgan fingerprint density at radius 3 is 1.54 bits per heavy atom. The van der Waals surface area contributed by atoms with Crippen molar-refractivity contribution < 1.29 is 14.5 Å². The molecule has 0 unspecified atom stereocenters. The molecule has 0 bridgehead atoms. The van der Waals surface area contributed by atoms with Crippen LogP contribution in [-0.4, -0.2) is 56.3 Å².